The Bertz CT molecular complexity index is 505. The molecule has 1 fully saturated rings. The zero-order valence-electron chi connectivity index (χ0n) is 12.0. The molecule has 0 unspecified atom stereocenters. The van der Waals surface area contributed by atoms with Crippen molar-refractivity contribution < 1.29 is 9.53 Å². The highest BCUT2D eigenvalue weighted by molar-refractivity contribution is 6.37. The first-order valence-electron chi connectivity index (χ1n) is 7.20. The highest BCUT2D eigenvalue weighted by atomic mass is 35.5. The highest BCUT2D eigenvalue weighted by Crippen LogP contribution is 2.45. The molecular formula is C16H20Cl2O2. The summed E-state index contributed by atoms with van der Waals surface area (Å²) in [7, 11) is 0. The fraction of sp³-hybridized carbons (Fsp3) is 0.562. The first-order valence-corrected chi connectivity index (χ1v) is 7.96. The third kappa shape index (κ3) is 2.82. The van der Waals surface area contributed by atoms with Crippen molar-refractivity contribution in [3.63, 3.8) is 0 Å². The topological polar surface area (TPSA) is 26.3 Å². The van der Waals surface area contributed by atoms with Crippen LogP contribution in [-0.4, -0.2) is 12.4 Å². The summed E-state index contributed by atoms with van der Waals surface area (Å²) in [5.41, 5.74) is 0.281. The average Bonchev–Trinajstić information content (AvgIpc) is 2.92. The van der Waals surface area contributed by atoms with Gasteiger partial charge in [-0.05, 0) is 32.3 Å². The molecule has 0 aromatic heterocycles. The second-order valence-electron chi connectivity index (χ2n) is 5.37. The fourth-order valence-corrected chi connectivity index (χ4v) is 3.51. The van der Waals surface area contributed by atoms with E-state index in [4.69, 9.17) is 27.9 Å². The lowest BCUT2D eigenvalue weighted by Gasteiger charge is -2.26. The lowest BCUT2D eigenvalue weighted by Crippen LogP contribution is -2.27. The van der Waals surface area contributed by atoms with Gasteiger partial charge in [0, 0.05) is 17.0 Å². The van der Waals surface area contributed by atoms with E-state index in [9.17, 15) is 4.79 Å². The van der Waals surface area contributed by atoms with Gasteiger partial charge in [0.05, 0.1) is 16.7 Å². The number of carbonyl (C=O) groups is 1. The van der Waals surface area contributed by atoms with Crippen molar-refractivity contribution in [2.24, 2.45) is 5.41 Å². The SMILES string of the molecule is CCOc1cc(Cl)c(C(=O)C2(CC)CCCC2)cc1Cl. The van der Waals surface area contributed by atoms with Crippen molar-refractivity contribution in [3.8, 4) is 5.75 Å². The summed E-state index contributed by atoms with van der Waals surface area (Å²) in [5.74, 6) is 0.667. The molecule has 0 atom stereocenters. The molecule has 0 amide bonds. The van der Waals surface area contributed by atoms with Crippen LogP contribution in [0.5, 0.6) is 5.75 Å². The summed E-state index contributed by atoms with van der Waals surface area (Å²) >= 11 is 12.5. The van der Waals surface area contributed by atoms with Crippen molar-refractivity contribution in [1.29, 1.82) is 0 Å². The zero-order valence-corrected chi connectivity index (χ0v) is 13.5. The molecule has 1 aromatic rings. The lowest BCUT2D eigenvalue weighted by atomic mass is 9.76. The Morgan fingerprint density at radius 3 is 2.40 bits per heavy atom. The number of ether oxygens (including phenoxy) is 1. The molecule has 20 heavy (non-hydrogen) atoms. The van der Waals surface area contributed by atoms with Crippen LogP contribution in [0.4, 0.5) is 0 Å². The molecule has 110 valence electrons. The lowest BCUT2D eigenvalue weighted by molar-refractivity contribution is 0.0791. The molecule has 0 saturated heterocycles. The number of benzene rings is 1. The van der Waals surface area contributed by atoms with Gasteiger partial charge >= 0.3 is 0 Å². The second kappa shape index (κ2) is 6.36. The number of rotatable bonds is 5. The maximum atomic E-state index is 12.9. The standard InChI is InChI=1S/C16H20Cl2O2/c1-3-16(7-5-6-8-16)15(19)11-9-13(18)14(20-4-2)10-12(11)17/h9-10H,3-8H2,1-2H3. The summed E-state index contributed by atoms with van der Waals surface area (Å²) in [4.78, 5) is 12.9. The van der Waals surface area contributed by atoms with E-state index in [1.54, 1.807) is 12.1 Å². The Balaban J connectivity index is 2.37. The summed E-state index contributed by atoms with van der Waals surface area (Å²) in [5, 5.41) is 0.881. The number of carbonyl (C=O) groups excluding carboxylic acids is 1. The predicted octanol–water partition coefficient (Wildman–Crippen LogP) is 5.55. The van der Waals surface area contributed by atoms with Gasteiger partial charge in [-0.15, -0.1) is 0 Å². The minimum atomic E-state index is -0.250. The second-order valence-corrected chi connectivity index (χ2v) is 6.18. The Morgan fingerprint density at radius 1 is 1.20 bits per heavy atom. The normalized spacial score (nSPS) is 17.2. The molecule has 1 aliphatic carbocycles. The Hall–Kier alpha value is -0.730. The van der Waals surface area contributed by atoms with E-state index in [1.807, 2.05) is 6.92 Å². The van der Waals surface area contributed by atoms with Crippen molar-refractivity contribution in [2.75, 3.05) is 6.61 Å². The Kier molecular flexibility index (Phi) is 4.98. The summed E-state index contributed by atoms with van der Waals surface area (Å²) in [6, 6.07) is 3.31. The van der Waals surface area contributed by atoms with E-state index in [1.165, 1.54) is 0 Å². The van der Waals surface area contributed by atoms with Gasteiger partial charge < -0.3 is 4.74 Å². The fourth-order valence-electron chi connectivity index (χ4n) is 3.05. The number of halogens is 2. The van der Waals surface area contributed by atoms with Gasteiger partial charge in [0.2, 0.25) is 0 Å². The van der Waals surface area contributed by atoms with Gasteiger partial charge in [0.25, 0.3) is 0 Å². The minimum Gasteiger partial charge on any atom is -0.492 e. The van der Waals surface area contributed by atoms with E-state index >= 15 is 0 Å². The molecule has 0 bridgehead atoms. The van der Waals surface area contributed by atoms with E-state index < -0.39 is 0 Å². The predicted molar refractivity (Wildman–Crippen MR) is 83.2 cm³/mol. The van der Waals surface area contributed by atoms with Gasteiger partial charge in [-0.25, -0.2) is 0 Å². The first kappa shape index (κ1) is 15.7. The summed E-state index contributed by atoms with van der Waals surface area (Å²) in [6.45, 7) is 4.48. The summed E-state index contributed by atoms with van der Waals surface area (Å²) in [6.07, 6.45) is 4.98. The summed E-state index contributed by atoms with van der Waals surface area (Å²) < 4.78 is 5.40. The molecule has 2 rings (SSSR count). The van der Waals surface area contributed by atoms with Crippen LogP contribution in [0, 0.1) is 5.41 Å². The molecule has 4 heteroatoms. The molecule has 0 N–H and O–H groups in total. The number of Topliss-reactive ketones (excluding diaryl/α,β-unsaturated/α-hetero) is 1. The molecule has 1 aliphatic rings. The molecule has 1 aromatic carbocycles. The van der Waals surface area contributed by atoms with Crippen LogP contribution in [0.3, 0.4) is 0 Å². The first-order chi connectivity index (χ1) is 9.54. The van der Waals surface area contributed by atoms with Crippen molar-refractivity contribution in [1.82, 2.24) is 0 Å². The average molecular weight is 315 g/mol. The zero-order chi connectivity index (χ0) is 14.8. The van der Waals surface area contributed by atoms with Crippen LogP contribution < -0.4 is 4.74 Å². The maximum absolute atomic E-state index is 12.9. The number of hydrogen-bond donors (Lipinski definition) is 0. The number of ketones is 1. The Morgan fingerprint density at radius 2 is 1.85 bits per heavy atom. The largest absolute Gasteiger partial charge is 0.492 e. The molecular weight excluding hydrogens is 295 g/mol. The highest BCUT2D eigenvalue weighted by Gasteiger charge is 2.40. The van der Waals surface area contributed by atoms with Crippen LogP contribution in [-0.2, 0) is 0 Å². The van der Waals surface area contributed by atoms with Crippen LogP contribution in [0.15, 0.2) is 12.1 Å². The van der Waals surface area contributed by atoms with Crippen LogP contribution in [0.2, 0.25) is 10.0 Å². The van der Waals surface area contributed by atoms with Crippen LogP contribution in [0.1, 0.15) is 56.3 Å². The number of hydrogen-bond acceptors (Lipinski definition) is 2. The van der Waals surface area contributed by atoms with Gasteiger partial charge in [0.1, 0.15) is 5.75 Å². The van der Waals surface area contributed by atoms with Crippen molar-refractivity contribution >= 4 is 29.0 Å². The Labute approximate surface area is 130 Å². The molecule has 1 saturated carbocycles. The monoisotopic (exact) mass is 314 g/mol. The van der Waals surface area contributed by atoms with E-state index in [2.05, 4.69) is 6.92 Å². The van der Waals surface area contributed by atoms with E-state index in [0.29, 0.717) is 28.0 Å². The maximum Gasteiger partial charge on any atom is 0.170 e. The molecule has 0 aliphatic heterocycles. The van der Waals surface area contributed by atoms with Crippen molar-refractivity contribution in [2.45, 2.75) is 46.0 Å². The smallest absolute Gasteiger partial charge is 0.170 e. The molecule has 0 spiro atoms. The van der Waals surface area contributed by atoms with E-state index in [-0.39, 0.29) is 11.2 Å². The van der Waals surface area contributed by atoms with Gasteiger partial charge in [-0.2, -0.15) is 0 Å². The molecule has 0 radical (unpaired) electrons. The van der Waals surface area contributed by atoms with Crippen molar-refractivity contribution in [3.05, 3.63) is 27.7 Å². The third-order valence-corrected chi connectivity index (χ3v) is 4.89. The van der Waals surface area contributed by atoms with E-state index in [0.717, 1.165) is 32.1 Å². The van der Waals surface area contributed by atoms with Crippen LogP contribution >= 0.6 is 23.2 Å². The van der Waals surface area contributed by atoms with Gasteiger partial charge in [-0.1, -0.05) is 43.0 Å². The third-order valence-electron chi connectivity index (χ3n) is 4.29. The minimum absolute atomic E-state index is 0.132. The van der Waals surface area contributed by atoms with Crippen LogP contribution in [0.25, 0.3) is 0 Å². The van der Waals surface area contributed by atoms with Gasteiger partial charge in [-0.3, -0.25) is 4.79 Å². The molecule has 2 nitrogen and oxygen atoms in total. The molecule has 0 heterocycles. The van der Waals surface area contributed by atoms with Gasteiger partial charge in [0.15, 0.2) is 5.78 Å². The quantitative estimate of drug-likeness (QED) is 0.666.